The molecule has 0 bridgehead atoms. The molecule has 0 aliphatic carbocycles. The molecule has 0 saturated carbocycles. The summed E-state index contributed by atoms with van der Waals surface area (Å²) in [5, 5.41) is 8.86. The smallest absolute Gasteiger partial charge is 0.161 e. The van der Waals surface area contributed by atoms with Gasteiger partial charge in [-0.3, -0.25) is 0 Å². The standard InChI is InChI=1S/C13H14O4/c1-15-12-4-2-3-5-13(12)16-9-11-7-6-10(8-14)17-11/h2-7,14H,8-9H2,1H3. The van der Waals surface area contributed by atoms with Crippen molar-refractivity contribution in [3.05, 3.63) is 47.9 Å². The number of methoxy groups -OCH3 is 1. The van der Waals surface area contributed by atoms with E-state index in [0.717, 1.165) is 0 Å². The molecule has 0 spiro atoms. The van der Waals surface area contributed by atoms with Crippen molar-refractivity contribution in [3.63, 3.8) is 0 Å². The van der Waals surface area contributed by atoms with Gasteiger partial charge in [0.05, 0.1) is 7.11 Å². The Bertz CT molecular complexity index is 476. The van der Waals surface area contributed by atoms with Crippen LogP contribution in [0.5, 0.6) is 11.5 Å². The first-order chi connectivity index (χ1) is 8.33. The number of furan rings is 1. The normalized spacial score (nSPS) is 10.2. The first-order valence-electron chi connectivity index (χ1n) is 5.27. The minimum Gasteiger partial charge on any atom is -0.493 e. The Kier molecular flexibility index (Phi) is 3.67. The first kappa shape index (κ1) is 11.5. The van der Waals surface area contributed by atoms with Crippen molar-refractivity contribution in [1.82, 2.24) is 0 Å². The monoisotopic (exact) mass is 234 g/mol. The van der Waals surface area contributed by atoms with E-state index in [1.165, 1.54) is 0 Å². The summed E-state index contributed by atoms with van der Waals surface area (Å²) in [5.41, 5.74) is 0. The second kappa shape index (κ2) is 5.41. The highest BCUT2D eigenvalue weighted by Crippen LogP contribution is 2.26. The molecule has 1 aromatic heterocycles. The molecule has 0 unspecified atom stereocenters. The van der Waals surface area contributed by atoms with E-state index >= 15 is 0 Å². The molecule has 4 heteroatoms. The Morgan fingerprint density at radius 1 is 1.06 bits per heavy atom. The van der Waals surface area contributed by atoms with Crippen molar-refractivity contribution in [1.29, 1.82) is 0 Å². The molecule has 0 saturated heterocycles. The molecule has 4 nitrogen and oxygen atoms in total. The predicted molar refractivity (Wildman–Crippen MR) is 62.0 cm³/mol. The van der Waals surface area contributed by atoms with Gasteiger partial charge in [0.1, 0.15) is 24.7 Å². The third-order valence-corrected chi connectivity index (χ3v) is 2.31. The highest BCUT2D eigenvalue weighted by Gasteiger charge is 2.05. The van der Waals surface area contributed by atoms with Crippen LogP contribution >= 0.6 is 0 Å². The van der Waals surface area contributed by atoms with Gasteiger partial charge in [0.25, 0.3) is 0 Å². The highest BCUT2D eigenvalue weighted by atomic mass is 16.5. The summed E-state index contributed by atoms with van der Waals surface area (Å²) in [6.45, 7) is 0.203. The second-order valence-corrected chi connectivity index (χ2v) is 3.47. The van der Waals surface area contributed by atoms with Crippen molar-refractivity contribution in [2.75, 3.05) is 7.11 Å². The van der Waals surface area contributed by atoms with E-state index in [-0.39, 0.29) is 6.61 Å². The zero-order chi connectivity index (χ0) is 12.1. The van der Waals surface area contributed by atoms with E-state index in [0.29, 0.717) is 29.6 Å². The maximum absolute atomic E-state index is 8.86. The van der Waals surface area contributed by atoms with Crippen molar-refractivity contribution >= 4 is 0 Å². The third kappa shape index (κ3) is 2.79. The zero-order valence-corrected chi connectivity index (χ0v) is 9.55. The molecular weight excluding hydrogens is 220 g/mol. The third-order valence-electron chi connectivity index (χ3n) is 2.31. The molecule has 1 aromatic carbocycles. The van der Waals surface area contributed by atoms with Crippen molar-refractivity contribution < 1.29 is 19.0 Å². The van der Waals surface area contributed by atoms with Gasteiger partial charge in [-0.25, -0.2) is 0 Å². The Hall–Kier alpha value is -1.94. The van der Waals surface area contributed by atoms with Crippen LogP contribution in [0.2, 0.25) is 0 Å². The Morgan fingerprint density at radius 2 is 1.76 bits per heavy atom. The van der Waals surface area contributed by atoms with Gasteiger partial charge in [0, 0.05) is 0 Å². The lowest BCUT2D eigenvalue weighted by molar-refractivity contribution is 0.221. The molecule has 1 N–H and O–H groups in total. The highest BCUT2D eigenvalue weighted by molar-refractivity contribution is 5.39. The van der Waals surface area contributed by atoms with E-state index in [9.17, 15) is 0 Å². The number of hydrogen-bond donors (Lipinski definition) is 1. The molecule has 0 aliphatic rings. The number of para-hydroxylation sites is 2. The van der Waals surface area contributed by atoms with Gasteiger partial charge in [0.2, 0.25) is 0 Å². The van der Waals surface area contributed by atoms with Crippen LogP contribution in [0.1, 0.15) is 11.5 Å². The quantitative estimate of drug-likeness (QED) is 0.862. The molecule has 90 valence electrons. The van der Waals surface area contributed by atoms with Crippen molar-refractivity contribution in [2.24, 2.45) is 0 Å². The molecule has 2 aromatic rings. The average Bonchev–Trinajstić information content (AvgIpc) is 2.84. The van der Waals surface area contributed by atoms with Crippen LogP contribution in [0.3, 0.4) is 0 Å². The second-order valence-electron chi connectivity index (χ2n) is 3.47. The van der Waals surface area contributed by atoms with E-state index in [4.69, 9.17) is 19.0 Å². The lowest BCUT2D eigenvalue weighted by atomic mass is 10.3. The summed E-state index contributed by atoms with van der Waals surface area (Å²) >= 11 is 0. The average molecular weight is 234 g/mol. The summed E-state index contributed by atoms with van der Waals surface area (Å²) in [4.78, 5) is 0. The van der Waals surface area contributed by atoms with Crippen LogP contribution in [0.4, 0.5) is 0 Å². The molecule has 1 heterocycles. The van der Waals surface area contributed by atoms with Gasteiger partial charge < -0.3 is 19.0 Å². The van der Waals surface area contributed by atoms with Crippen LogP contribution in [-0.4, -0.2) is 12.2 Å². The largest absolute Gasteiger partial charge is 0.493 e. The minimum atomic E-state index is -0.103. The molecule has 0 atom stereocenters. The fraction of sp³-hybridized carbons (Fsp3) is 0.231. The molecule has 2 rings (SSSR count). The van der Waals surface area contributed by atoms with Crippen LogP contribution < -0.4 is 9.47 Å². The summed E-state index contributed by atoms with van der Waals surface area (Å²) in [5.74, 6) is 2.54. The fourth-order valence-corrected chi connectivity index (χ4v) is 1.47. The van der Waals surface area contributed by atoms with E-state index in [2.05, 4.69) is 0 Å². The van der Waals surface area contributed by atoms with Crippen LogP contribution in [0, 0.1) is 0 Å². The van der Waals surface area contributed by atoms with Crippen LogP contribution in [0.25, 0.3) is 0 Å². The van der Waals surface area contributed by atoms with Crippen LogP contribution in [-0.2, 0) is 13.2 Å². The van der Waals surface area contributed by atoms with Gasteiger partial charge in [-0.2, -0.15) is 0 Å². The summed E-state index contributed by atoms with van der Waals surface area (Å²) in [6.07, 6.45) is 0. The van der Waals surface area contributed by atoms with Crippen LogP contribution in [0.15, 0.2) is 40.8 Å². The van der Waals surface area contributed by atoms with E-state index < -0.39 is 0 Å². The molecule has 0 amide bonds. The number of ether oxygens (including phenoxy) is 2. The SMILES string of the molecule is COc1ccccc1OCc1ccc(CO)o1. The predicted octanol–water partition coefficient (Wildman–Crippen LogP) is 2.36. The fourth-order valence-electron chi connectivity index (χ4n) is 1.47. The maximum atomic E-state index is 8.86. The van der Waals surface area contributed by atoms with Gasteiger partial charge >= 0.3 is 0 Å². The maximum Gasteiger partial charge on any atom is 0.161 e. The van der Waals surface area contributed by atoms with Gasteiger partial charge in [0.15, 0.2) is 11.5 Å². The van der Waals surface area contributed by atoms with Gasteiger partial charge in [-0.05, 0) is 24.3 Å². The zero-order valence-electron chi connectivity index (χ0n) is 9.55. The van der Waals surface area contributed by atoms with E-state index in [1.807, 2.05) is 24.3 Å². The Morgan fingerprint density at radius 3 is 2.41 bits per heavy atom. The number of aliphatic hydroxyl groups excluding tert-OH is 1. The lowest BCUT2D eigenvalue weighted by Gasteiger charge is -2.08. The van der Waals surface area contributed by atoms with Crippen molar-refractivity contribution in [2.45, 2.75) is 13.2 Å². The van der Waals surface area contributed by atoms with E-state index in [1.54, 1.807) is 19.2 Å². The molecule has 0 radical (unpaired) electrons. The molecule has 0 aliphatic heterocycles. The summed E-state index contributed by atoms with van der Waals surface area (Å²) < 4.78 is 16.0. The van der Waals surface area contributed by atoms with Gasteiger partial charge in [-0.1, -0.05) is 12.1 Å². The number of benzene rings is 1. The Labute approximate surface area is 99.4 Å². The first-order valence-corrected chi connectivity index (χ1v) is 5.27. The summed E-state index contributed by atoms with van der Waals surface area (Å²) in [6, 6.07) is 10.9. The topological polar surface area (TPSA) is 51.8 Å². The molecule has 17 heavy (non-hydrogen) atoms. The Balaban J connectivity index is 2.01. The summed E-state index contributed by atoms with van der Waals surface area (Å²) in [7, 11) is 1.60. The minimum absolute atomic E-state index is 0.103. The number of hydrogen-bond acceptors (Lipinski definition) is 4. The number of rotatable bonds is 5. The van der Waals surface area contributed by atoms with Gasteiger partial charge in [-0.15, -0.1) is 0 Å². The lowest BCUT2D eigenvalue weighted by Crippen LogP contribution is -1.96. The number of aliphatic hydroxyl groups is 1. The molecule has 0 fully saturated rings. The van der Waals surface area contributed by atoms with Crippen molar-refractivity contribution in [3.8, 4) is 11.5 Å². The molecular formula is C13H14O4.